The Morgan fingerprint density at radius 3 is 2.27 bits per heavy atom. The first-order chi connectivity index (χ1) is 17.9. The number of carbonyl (C=O) groups excluding carboxylic acids is 1. The second-order valence-corrected chi connectivity index (χ2v) is 9.18. The molecule has 0 aliphatic heterocycles. The Bertz CT molecular complexity index is 1180. The predicted octanol–water partition coefficient (Wildman–Crippen LogP) is 6.93. The van der Waals surface area contributed by atoms with Crippen LogP contribution < -0.4 is 9.47 Å². The number of hydrogen-bond donors (Lipinski definition) is 1. The molecule has 0 aliphatic rings. The van der Waals surface area contributed by atoms with Gasteiger partial charge in [-0.2, -0.15) is 0 Å². The maximum atomic E-state index is 11.7. The second-order valence-electron chi connectivity index (χ2n) is 9.18. The van der Waals surface area contributed by atoms with Gasteiger partial charge in [-0.05, 0) is 66.6 Å². The average Bonchev–Trinajstić information content (AvgIpc) is 2.90. The van der Waals surface area contributed by atoms with E-state index in [2.05, 4.69) is 62.9 Å². The molecule has 0 aliphatic carbocycles. The van der Waals surface area contributed by atoms with Gasteiger partial charge in [0.05, 0.1) is 6.61 Å². The summed E-state index contributed by atoms with van der Waals surface area (Å²) >= 11 is 0. The Kier molecular flexibility index (Phi) is 10.8. The fourth-order valence-corrected chi connectivity index (χ4v) is 4.10. The van der Waals surface area contributed by atoms with Crippen molar-refractivity contribution in [3.8, 4) is 33.8 Å². The van der Waals surface area contributed by atoms with Gasteiger partial charge in [-0.15, -0.1) is 0 Å². The molecule has 37 heavy (non-hydrogen) atoms. The molecule has 5 nitrogen and oxygen atoms in total. The lowest BCUT2D eigenvalue weighted by Crippen LogP contribution is -2.13. The summed E-state index contributed by atoms with van der Waals surface area (Å²) in [5.41, 5.74) is 7.16. The fraction of sp³-hybridized carbons (Fsp3) is 0.344. The van der Waals surface area contributed by atoms with E-state index in [0.717, 1.165) is 23.1 Å². The van der Waals surface area contributed by atoms with Crippen LogP contribution in [-0.4, -0.2) is 37.5 Å². The van der Waals surface area contributed by atoms with E-state index in [1.165, 1.54) is 36.0 Å². The largest absolute Gasteiger partial charge is 0.491 e. The number of ether oxygens (including phenoxy) is 3. The molecule has 0 atom stereocenters. The van der Waals surface area contributed by atoms with Crippen LogP contribution in [-0.2, 0) is 16.0 Å². The zero-order valence-corrected chi connectivity index (χ0v) is 22.2. The molecule has 1 N–H and O–H groups in total. The van der Waals surface area contributed by atoms with Crippen LogP contribution in [0, 0.1) is 6.92 Å². The standard InChI is InChI=1S/C32H38O5/c1-5-6-7-8-25-9-11-26(12-10-25)27-13-15-29(24(4)21-27)30-16-14-28(35-18-17-33)22-31(30)36-19-20-37-32(34)23(2)3/h9-16,21-22,33H,2,5-8,17-20H2,1,3-4H3. The minimum Gasteiger partial charge on any atom is -0.491 e. The molecule has 0 saturated carbocycles. The third-order valence-corrected chi connectivity index (χ3v) is 6.11. The number of unbranched alkanes of at least 4 members (excludes halogenated alkanes) is 2. The van der Waals surface area contributed by atoms with Crippen LogP contribution in [0.1, 0.15) is 44.2 Å². The average molecular weight is 503 g/mol. The molecule has 0 aromatic heterocycles. The number of rotatable bonds is 14. The fourth-order valence-electron chi connectivity index (χ4n) is 4.10. The van der Waals surface area contributed by atoms with Gasteiger partial charge >= 0.3 is 5.97 Å². The lowest BCUT2D eigenvalue weighted by Gasteiger charge is -2.16. The van der Waals surface area contributed by atoms with Gasteiger partial charge in [0.25, 0.3) is 0 Å². The topological polar surface area (TPSA) is 65.0 Å². The second kappa shape index (κ2) is 14.2. The van der Waals surface area contributed by atoms with Crippen molar-refractivity contribution in [1.29, 1.82) is 0 Å². The molecule has 196 valence electrons. The van der Waals surface area contributed by atoms with Gasteiger partial charge in [0.15, 0.2) is 0 Å². The van der Waals surface area contributed by atoms with Crippen LogP contribution in [0.4, 0.5) is 0 Å². The smallest absolute Gasteiger partial charge is 0.333 e. The molecule has 0 unspecified atom stereocenters. The number of aliphatic hydroxyl groups is 1. The van der Waals surface area contributed by atoms with E-state index in [1.807, 2.05) is 12.1 Å². The van der Waals surface area contributed by atoms with Gasteiger partial charge in [0, 0.05) is 17.2 Å². The first kappa shape index (κ1) is 28.0. The normalized spacial score (nSPS) is 10.7. The summed E-state index contributed by atoms with van der Waals surface area (Å²) in [6.45, 7) is 9.94. The van der Waals surface area contributed by atoms with Crippen LogP contribution in [0.3, 0.4) is 0 Å². The Balaban J connectivity index is 1.80. The molecule has 0 saturated heterocycles. The summed E-state index contributed by atoms with van der Waals surface area (Å²) in [7, 11) is 0. The molecule has 5 heteroatoms. The van der Waals surface area contributed by atoms with E-state index >= 15 is 0 Å². The number of aryl methyl sites for hydroxylation is 2. The summed E-state index contributed by atoms with van der Waals surface area (Å²) in [4.78, 5) is 11.7. The molecular formula is C32H38O5. The van der Waals surface area contributed by atoms with Gasteiger partial charge in [0.1, 0.15) is 31.3 Å². The highest BCUT2D eigenvalue weighted by Gasteiger charge is 2.13. The first-order valence-electron chi connectivity index (χ1n) is 13.0. The molecule has 0 fully saturated rings. The summed E-state index contributed by atoms with van der Waals surface area (Å²) in [5.74, 6) is 0.776. The van der Waals surface area contributed by atoms with Crippen molar-refractivity contribution in [1.82, 2.24) is 0 Å². The number of aliphatic hydroxyl groups excluding tert-OH is 1. The molecule has 0 spiro atoms. The van der Waals surface area contributed by atoms with Gasteiger partial charge in [-0.3, -0.25) is 0 Å². The van der Waals surface area contributed by atoms with E-state index < -0.39 is 5.97 Å². The van der Waals surface area contributed by atoms with Crippen LogP contribution in [0.25, 0.3) is 22.3 Å². The van der Waals surface area contributed by atoms with Gasteiger partial charge < -0.3 is 19.3 Å². The zero-order valence-electron chi connectivity index (χ0n) is 22.2. The summed E-state index contributed by atoms with van der Waals surface area (Å²) in [6.07, 6.45) is 4.85. The molecular weight excluding hydrogens is 464 g/mol. The third kappa shape index (κ3) is 8.22. The summed E-state index contributed by atoms with van der Waals surface area (Å²) in [6, 6.07) is 20.9. The van der Waals surface area contributed by atoms with E-state index in [9.17, 15) is 4.79 Å². The molecule has 0 bridgehead atoms. The highest BCUT2D eigenvalue weighted by atomic mass is 16.6. The molecule has 3 rings (SSSR count). The van der Waals surface area contributed by atoms with E-state index in [4.69, 9.17) is 19.3 Å². The lowest BCUT2D eigenvalue weighted by molar-refractivity contribution is -0.139. The van der Waals surface area contributed by atoms with Crippen LogP contribution in [0.5, 0.6) is 11.5 Å². The quantitative estimate of drug-likeness (QED) is 0.147. The maximum Gasteiger partial charge on any atom is 0.333 e. The van der Waals surface area contributed by atoms with E-state index in [0.29, 0.717) is 17.1 Å². The number of carbonyl (C=O) groups is 1. The maximum absolute atomic E-state index is 11.7. The predicted molar refractivity (Wildman–Crippen MR) is 149 cm³/mol. The monoisotopic (exact) mass is 502 g/mol. The summed E-state index contributed by atoms with van der Waals surface area (Å²) in [5, 5.41) is 9.11. The van der Waals surface area contributed by atoms with Crippen molar-refractivity contribution in [3.63, 3.8) is 0 Å². The van der Waals surface area contributed by atoms with Gasteiger partial charge in [-0.25, -0.2) is 4.79 Å². The third-order valence-electron chi connectivity index (χ3n) is 6.11. The van der Waals surface area contributed by atoms with Crippen molar-refractivity contribution < 1.29 is 24.1 Å². The Morgan fingerprint density at radius 1 is 0.865 bits per heavy atom. The van der Waals surface area contributed by atoms with Crippen LogP contribution >= 0.6 is 0 Å². The molecule has 0 radical (unpaired) electrons. The van der Waals surface area contributed by atoms with Crippen molar-refractivity contribution >= 4 is 5.97 Å². The highest BCUT2D eigenvalue weighted by molar-refractivity contribution is 5.86. The number of hydrogen-bond acceptors (Lipinski definition) is 5. The Labute approximate surface area is 220 Å². The van der Waals surface area contributed by atoms with Crippen molar-refractivity contribution in [3.05, 3.63) is 83.9 Å². The number of benzene rings is 3. The lowest BCUT2D eigenvalue weighted by atomic mass is 9.94. The van der Waals surface area contributed by atoms with Crippen molar-refractivity contribution in [2.45, 2.75) is 46.5 Å². The number of esters is 1. The molecule has 3 aromatic rings. The molecule has 0 heterocycles. The van der Waals surface area contributed by atoms with Gasteiger partial charge in [0.2, 0.25) is 0 Å². The SMILES string of the molecule is C=C(C)C(=O)OCCOc1cc(OCCO)ccc1-c1ccc(-c2ccc(CCCCC)cc2)cc1C. The minimum absolute atomic E-state index is 0.0743. The Hall–Kier alpha value is -3.57. The first-order valence-corrected chi connectivity index (χ1v) is 13.0. The van der Waals surface area contributed by atoms with Crippen LogP contribution in [0.2, 0.25) is 0 Å². The summed E-state index contributed by atoms with van der Waals surface area (Å²) < 4.78 is 16.8. The minimum atomic E-state index is -0.440. The highest BCUT2D eigenvalue weighted by Crippen LogP contribution is 2.37. The van der Waals surface area contributed by atoms with Crippen molar-refractivity contribution in [2.24, 2.45) is 0 Å². The van der Waals surface area contributed by atoms with Crippen LogP contribution in [0.15, 0.2) is 72.8 Å². The van der Waals surface area contributed by atoms with Crippen molar-refractivity contribution in [2.75, 3.05) is 26.4 Å². The molecule has 3 aromatic carbocycles. The Morgan fingerprint density at radius 2 is 1.59 bits per heavy atom. The van der Waals surface area contributed by atoms with Gasteiger partial charge in [-0.1, -0.05) is 68.8 Å². The van der Waals surface area contributed by atoms with E-state index in [1.54, 1.807) is 13.0 Å². The van der Waals surface area contributed by atoms with E-state index in [-0.39, 0.29) is 26.4 Å². The zero-order chi connectivity index (χ0) is 26.6. The molecule has 0 amide bonds.